The Labute approximate surface area is 104 Å². The van der Waals surface area contributed by atoms with Crippen LogP contribution in [0.2, 0.25) is 0 Å². The maximum absolute atomic E-state index is 12.5. The van der Waals surface area contributed by atoms with Gasteiger partial charge in [-0.25, -0.2) is 0 Å². The van der Waals surface area contributed by atoms with Crippen LogP contribution in [0.25, 0.3) is 0 Å². The van der Waals surface area contributed by atoms with E-state index in [0.29, 0.717) is 12.5 Å². The number of carbonyl (C=O) groups is 1. The minimum Gasteiger partial charge on any atom is -0.330 e. The van der Waals surface area contributed by atoms with Crippen molar-refractivity contribution in [3.05, 3.63) is 0 Å². The third-order valence-electron chi connectivity index (χ3n) is 4.24. The summed E-state index contributed by atoms with van der Waals surface area (Å²) in [6.07, 6.45) is -0.164. The third-order valence-corrected chi connectivity index (χ3v) is 4.24. The van der Waals surface area contributed by atoms with Crippen LogP contribution < -0.4 is 5.32 Å². The lowest BCUT2D eigenvalue weighted by Crippen LogP contribution is -2.46. The van der Waals surface area contributed by atoms with Crippen molar-refractivity contribution >= 4 is 5.91 Å². The van der Waals surface area contributed by atoms with Crippen molar-refractivity contribution in [1.29, 1.82) is 0 Å². The first-order chi connectivity index (χ1) is 8.44. The predicted molar refractivity (Wildman–Crippen MR) is 58.8 cm³/mol. The molecular weight excluding hydrogens is 245 g/mol. The normalized spacial score (nSPS) is 34.9. The molecule has 1 saturated carbocycles. The van der Waals surface area contributed by atoms with Gasteiger partial charge in [0.1, 0.15) is 6.54 Å². The molecule has 3 nitrogen and oxygen atoms in total. The van der Waals surface area contributed by atoms with Crippen molar-refractivity contribution in [2.45, 2.75) is 56.4 Å². The fourth-order valence-electron chi connectivity index (χ4n) is 3.28. The summed E-state index contributed by atoms with van der Waals surface area (Å²) >= 11 is 0. The first kappa shape index (κ1) is 12.3. The van der Waals surface area contributed by atoms with E-state index < -0.39 is 12.7 Å². The van der Waals surface area contributed by atoms with Gasteiger partial charge in [0.15, 0.2) is 0 Å². The zero-order chi connectivity index (χ0) is 12.9. The zero-order valence-corrected chi connectivity index (χ0v) is 10.0. The molecule has 3 aliphatic rings. The van der Waals surface area contributed by atoms with Gasteiger partial charge in [-0.05, 0) is 32.1 Å². The lowest BCUT2D eigenvalue weighted by atomic mass is 9.88. The molecule has 2 bridgehead atoms. The summed E-state index contributed by atoms with van der Waals surface area (Å²) < 4.78 is 37.6. The Morgan fingerprint density at radius 3 is 2.39 bits per heavy atom. The number of hydrogen-bond acceptors (Lipinski definition) is 2. The number of hydrogen-bond donors (Lipinski definition) is 1. The molecule has 2 aliphatic heterocycles. The second-order valence-electron chi connectivity index (χ2n) is 5.70. The molecule has 0 aromatic rings. The van der Waals surface area contributed by atoms with Gasteiger partial charge in [-0.1, -0.05) is 0 Å². The van der Waals surface area contributed by atoms with Crippen LogP contribution in [0.5, 0.6) is 0 Å². The lowest BCUT2D eigenvalue weighted by Gasteiger charge is -2.29. The maximum atomic E-state index is 12.5. The second-order valence-corrected chi connectivity index (χ2v) is 5.70. The Morgan fingerprint density at radius 1 is 1.22 bits per heavy atom. The molecule has 3 unspecified atom stereocenters. The highest BCUT2D eigenvalue weighted by molar-refractivity contribution is 5.81. The number of amides is 1. The molecule has 0 aromatic carbocycles. The number of fused-ring (bicyclic) bond motifs is 2. The average molecular weight is 262 g/mol. The summed E-state index contributed by atoms with van der Waals surface area (Å²) in [5.74, 6) is -0.513. The number of halogens is 3. The average Bonchev–Trinajstić information content (AvgIpc) is 2.91. The predicted octanol–water partition coefficient (Wildman–Crippen LogP) is 1.68. The van der Waals surface area contributed by atoms with E-state index in [1.54, 1.807) is 0 Å². The van der Waals surface area contributed by atoms with Gasteiger partial charge in [-0.2, -0.15) is 13.2 Å². The molecule has 3 fully saturated rings. The van der Waals surface area contributed by atoms with E-state index >= 15 is 0 Å². The molecule has 2 saturated heterocycles. The number of rotatable bonds is 3. The van der Waals surface area contributed by atoms with Crippen molar-refractivity contribution in [1.82, 2.24) is 10.2 Å². The van der Waals surface area contributed by atoms with Crippen LogP contribution >= 0.6 is 0 Å². The van der Waals surface area contributed by atoms with Crippen LogP contribution in [0.4, 0.5) is 13.2 Å². The molecule has 0 aromatic heterocycles. The molecule has 0 radical (unpaired) electrons. The summed E-state index contributed by atoms with van der Waals surface area (Å²) in [6.45, 7) is -1.08. The van der Waals surface area contributed by atoms with Crippen molar-refractivity contribution in [3.8, 4) is 0 Å². The lowest BCUT2D eigenvalue weighted by molar-refractivity contribution is -0.165. The fraction of sp³-hybridized carbons (Fsp3) is 0.917. The molecule has 3 atom stereocenters. The number of alkyl halides is 3. The molecule has 102 valence electrons. The SMILES string of the molecule is O=C(C1CC2CCC1N2)N(CC(F)(F)F)C1CC1. The van der Waals surface area contributed by atoms with Crippen LogP contribution in [-0.4, -0.2) is 41.7 Å². The monoisotopic (exact) mass is 262 g/mol. The number of carbonyl (C=O) groups excluding carboxylic acids is 1. The van der Waals surface area contributed by atoms with E-state index in [2.05, 4.69) is 5.32 Å². The molecule has 0 spiro atoms. The molecule has 18 heavy (non-hydrogen) atoms. The highest BCUT2D eigenvalue weighted by Gasteiger charge is 2.48. The van der Waals surface area contributed by atoms with Crippen molar-refractivity contribution in [2.24, 2.45) is 5.92 Å². The van der Waals surface area contributed by atoms with Gasteiger partial charge < -0.3 is 10.2 Å². The van der Waals surface area contributed by atoms with Crippen LogP contribution in [0.1, 0.15) is 32.1 Å². The fourth-order valence-corrected chi connectivity index (χ4v) is 3.28. The van der Waals surface area contributed by atoms with Crippen molar-refractivity contribution in [3.63, 3.8) is 0 Å². The summed E-state index contributed by atoms with van der Waals surface area (Å²) in [5, 5.41) is 3.31. The van der Waals surface area contributed by atoms with E-state index in [-0.39, 0.29) is 23.9 Å². The molecule has 6 heteroatoms. The molecule has 3 rings (SSSR count). The van der Waals surface area contributed by atoms with Gasteiger partial charge in [0.2, 0.25) is 5.91 Å². The number of nitrogens with one attached hydrogen (secondary N) is 1. The highest BCUT2D eigenvalue weighted by atomic mass is 19.4. The third kappa shape index (κ3) is 2.35. The van der Waals surface area contributed by atoms with Gasteiger partial charge in [0, 0.05) is 18.1 Å². The van der Waals surface area contributed by atoms with E-state index in [0.717, 1.165) is 30.6 Å². The van der Waals surface area contributed by atoms with Gasteiger partial charge in [-0.15, -0.1) is 0 Å². The Hall–Kier alpha value is -0.780. The highest BCUT2D eigenvalue weighted by Crippen LogP contribution is 2.38. The number of nitrogens with zero attached hydrogens (tertiary/aromatic N) is 1. The topological polar surface area (TPSA) is 32.3 Å². The Balaban J connectivity index is 1.68. The second kappa shape index (κ2) is 4.11. The largest absolute Gasteiger partial charge is 0.406 e. The van der Waals surface area contributed by atoms with Gasteiger partial charge in [0.05, 0.1) is 5.92 Å². The van der Waals surface area contributed by atoms with Crippen molar-refractivity contribution in [2.75, 3.05) is 6.54 Å². The molecular formula is C12H17F3N2O. The Kier molecular flexibility index (Phi) is 2.80. The van der Waals surface area contributed by atoms with Crippen LogP contribution in [0, 0.1) is 5.92 Å². The first-order valence-electron chi connectivity index (χ1n) is 6.57. The van der Waals surface area contributed by atoms with E-state index in [1.807, 2.05) is 0 Å². The van der Waals surface area contributed by atoms with E-state index in [1.165, 1.54) is 0 Å². The summed E-state index contributed by atoms with van der Waals surface area (Å²) in [6, 6.07) is 0.283. The maximum Gasteiger partial charge on any atom is 0.406 e. The van der Waals surface area contributed by atoms with Crippen LogP contribution in [0.3, 0.4) is 0 Å². The molecule has 1 amide bonds. The zero-order valence-electron chi connectivity index (χ0n) is 10.0. The summed E-state index contributed by atoms with van der Waals surface area (Å²) in [5.41, 5.74) is 0. The van der Waals surface area contributed by atoms with Gasteiger partial charge in [-0.3, -0.25) is 4.79 Å². The first-order valence-corrected chi connectivity index (χ1v) is 6.57. The Bertz CT molecular complexity index is 354. The van der Waals surface area contributed by atoms with Crippen LogP contribution in [0.15, 0.2) is 0 Å². The van der Waals surface area contributed by atoms with E-state index in [9.17, 15) is 18.0 Å². The molecule has 1 aliphatic carbocycles. The molecule has 1 N–H and O–H groups in total. The quantitative estimate of drug-likeness (QED) is 0.839. The summed E-state index contributed by atoms with van der Waals surface area (Å²) in [7, 11) is 0. The van der Waals surface area contributed by atoms with Crippen molar-refractivity contribution < 1.29 is 18.0 Å². The van der Waals surface area contributed by atoms with E-state index in [4.69, 9.17) is 0 Å². The Morgan fingerprint density at radius 2 is 1.94 bits per heavy atom. The molecule has 2 heterocycles. The minimum absolute atomic E-state index is 0.108. The van der Waals surface area contributed by atoms with Gasteiger partial charge >= 0.3 is 6.18 Å². The van der Waals surface area contributed by atoms with Crippen LogP contribution in [-0.2, 0) is 4.79 Å². The smallest absolute Gasteiger partial charge is 0.330 e. The van der Waals surface area contributed by atoms with Gasteiger partial charge in [0.25, 0.3) is 0 Å². The summed E-state index contributed by atoms with van der Waals surface area (Å²) in [4.78, 5) is 13.4. The minimum atomic E-state index is -4.29. The standard InChI is InChI=1S/C12H17F3N2O/c13-12(14,15)6-17(8-2-3-8)11(18)9-5-7-1-4-10(9)16-7/h7-10,16H,1-6H2.